The monoisotopic (exact) mass is 285 g/mol. The predicted molar refractivity (Wildman–Crippen MR) is 73.9 cm³/mol. The Morgan fingerprint density at radius 2 is 2.16 bits per heavy atom. The highest BCUT2D eigenvalue weighted by Gasteiger charge is 2.23. The van der Waals surface area contributed by atoms with Crippen molar-refractivity contribution in [2.45, 2.75) is 32.7 Å². The highest BCUT2D eigenvalue weighted by atomic mass is 32.1. The highest BCUT2D eigenvalue weighted by molar-refractivity contribution is 7.12. The third kappa shape index (κ3) is 4.24. The number of hydrogen-bond donors (Lipinski definition) is 1. The lowest BCUT2D eigenvalue weighted by Crippen LogP contribution is -2.37. The number of rotatable bonds is 7. The van der Waals surface area contributed by atoms with Crippen LogP contribution in [0, 0.1) is 0 Å². The number of carboxylic acid groups (broad SMARTS) is 1. The van der Waals surface area contributed by atoms with Gasteiger partial charge in [-0.15, -0.1) is 11.3 Å². The lowest BCUT2D eigenvalue weighted by atomic mass is 10.2. The minimum Gasteiger partial charge on any atom is -0.495 e. The van der Waals surface area contributed by atoms with Crippen LogP contribution in [0.3, 0.4) is 0 Å². The molecule has 19 heavy (non-hydrogen) atoms. The highest BCUT2D eigenvalue weighted by Crippen LogP contribution is 2.26. The van der Waals surface area contributed by atoms with Crippen LogP contribution >= 0.6 is 11.3 Å². The number of ether oxygens (including phenoxy) is 1. The lowest BCUT2D eigenvalue weighted by molar-refractivity contribution is -0.137. The standard InChI is InChI=1S/C13H19NO4S/c1-9(2)14(7-4-5-11(15)16)13(17)12-10(18-3)6-8-19-12/h6,8-9H,4-5,7H2,1-3H3,(H,15,16). The third-order valence-electron chi connectivity index (χ3n) is 2.72. The van der Waals surface area contributed by atoms with E-state index in [9.17, 15) is 9.59 Å². The molecule has 1 heterocycles. The summed E-state index contributed by atoms with van der Waals surface area (Å²) in [6, 6.07) is 1.78. The average molecular weight is 285 g/mol. The summed E-state index contributed by atoms with van der Waals surface area (Å²) in [5.74, 6) is -0.379. The van der Waals surface area contributed by atoms with Crippen LogP contribution in [0.25, 0.3) is 0 Å². The molecule has 0 aromatic carbocycles. The second-order valence-corrected chi connectivity index (χ2v) is 5.32. The maximum absolute atomic E-state index is 12.4. The van der Waals surface area contributed by atoms with Crippen molar-refractivity contribution in [2.75, 3.05) is 13.7 Å². The molecule has 0 radical (unpaired) electrons. The smallest absolute Gasteiger partial charge is 0.303 e. The summed E-state index contributed by atoms with van der Waals surface area (Å²) in [6.45, 7) is 4.27. The Labute approximate surface area is 116 Å². The summed E-state index contributed by atoms with van der Waals surface area (Å²) in [6.07, 6.45) is 0.519. The van der Waals surface area contributed by atoms with E-state index in [-0.39, 0.29) is 18.4 Å². The number of carbonyl (C=O) groups excluding carboxylic acids is 1. The molecule has 0 fully saturated rings. The fourth-order valence-electron chi connectivity index (χ4n) is 1.74. The van der Waals surface area contributed by atoms with Gasteiger partial charge >= 0.3 is 5.97 Å². The second kappa shape index (κ2) is 7.13. The Hall–Kier alpha value is -1.56. The summed E-state index contributed by atoms with van der Waals surface area (Å²) in [7, 11) is 1.53. The van der Waals surface area contributed by atoms with Gasteiger partial charge in [-0.05, 0) is 31.7 Å². The molecule has 0 atom stereocenters. The molecule has 1 aromatic heterocycles. The molecule has 1 N–H and O–H groups in total. The van der Waals surface area contributed by atoms with Crippen LogP contribution in [0.15, 0.2) is 11.4 Å². The molecule has 0 unspecified atom stereocenters. The Bertz CT molecular complexity index is 442. The number of carboxylic acids is 1. The molecule has 1 amide bonds. The van der Waals surface area contributed by atoms with Crippen molar-refractivity contribution in [1.29, 1.82) is 0 Å². The van der Waals surface area contributed by atoms with E-state index in [0.717, 1.165) is 0 Å². The zero-order valence-corrected chi connectivity index (χ0v) is 12.2. The quantitative estimate of drug-likeness (QED) is 0.835. The Morgan fingerprint density at radius 1 is 1.47 bits per heavy atom. The number of thiophene rings is 1. The first-order valence-corrected chi connectivity index (χ1v) is 6.99. The van der Waals surface area contributed by atoms with Crippen LogP contribution in [0.4, 0.5) is 0 Å². The van der Waals surface area contributed by atoms with E-state index in [1.54, 1.807) is 11.0 Å². The molecule has 5 nitrogen and oxygen atoms in total. The van der Waals surface area contributed by atoms with Gasteiger partial charge in [-0.1, -0.05) is 0 Å². The van der Waals surface area contributed by atoms with Gasteiger partial charge in [0.2, 0.25) is 0 Å². The van der Waals surface area contributed by atoms with Crippen LogP contribution in [0.1, 0.15) is 36.4 Å². The molecule has 0 saturated carbocycles. The van der Waals surface area contributed by atoms with E-state index in [2.05, 4.69) is 0 Å². The normalized spacial score (nSPS) is 10.5. The van der Waals surface area contributed by atoms with Gasteiger partial charge < -0.3 is 14.7 Å². The van der Waals surface area contributed by atoms with Crippen molar-refractivity contribution in [1.82, 2.24) is 4.90 Å². The van der Waals surface area contributed by atoms with Crippen LogP contribution in [-0.4, -0.2) is 41.6 Å². The van der Waals surface area contributed by atoms with Gasteiger partial charge in [-0.3, -0.25) is 9.59 Å². The lowest BCUT2D eigenvalue weighted by Gasteiger charge is -2.26. The number of amides is 1. The number of methoxy groups -OCH3 is 1. The summed E-state index contributed by atoms with van der Waals surface area (Å²) in [5.41, 5.74) is 0. The first-order chi connectivity index (χ1) is 8.97. The molecule has 1 rings (SSSR count). The van der Waals surface area contributed by atoms with E-state index in [1.165, 1.54) is 18.4 Å². The van der Waals surface area contributed by atoms with Gasteiger partial charge in [0.25, 0.3) is 5.91 Å². The maximum Gasteiger partial charge on any atom is 0.303 e. The van der Waals surface area contributed by atoms with Crippen molar-refractivity contribution in [3.05, 3.63) is 16.3 Å². The first kappa shape index (κ1) is 15.5. The van der Waals surface area contributed by atoms with Gasteiger partial charge in [-0.2, -0.15) is 0 Å². The second-order valence-electron chi connectivity index (χ2n) is 4.41. The van der Waals surface area contributed by atoms with Crippen LogP contribution < -0.4 is 4.74 Å². The molecule has 0 saturated heterocycles. The van der Waals surface area contributed by atoms with Crippen LogP contribution in [-0.2, 0) is 4.79 Å². The number of nitrogens with zero attached hydrogens (tertiary/aromatic N) is 1. The predicted octanol–water partition coefficient (Wildman–Crippen LogP) is 2.47. The van der Waals surface area contributed by atoms with Gasteiger partial charge in [0, 0.05) is 19.0 Å². The molecular formula is C13H19NO4S. The van der Waals surface area contributed by atoms with E-state index < -0.39 is 5.97 Å². The number of hydrogen-bond acceptors (Lipinski definition) is 4. The fourth-order valence-corrected chi connectivity index (χ4v) is 2.55. The molecule has 1 aromatic rings. The first-order valence-electron chi connectivity index (χ1n) is 6.11. The minimum atomic E-state index is -0.843. The zero-order valence-electron chi connectivity index (χ0n) is 11.4. The molecule has 6 heteroatoms. The number of aliphatic carboxylic acids is 1. The van der Waals surface area contributed by atoms with Gasteiger partial charge in [0.05, 0.1) is 7.11 Å². The Balaban J connectivity index is 2.76. The molecule has 0 aliphatic heterocycles. The minimum absolute atomic E-state index is 0.0214. The van der Waals surface area contributed by atoms with Crippen LogP contribution in [0.5, 0.6) is 5.75 Å². The summed E-state index contributed by atoms with van der Waals surface area (Å²) in [5, 5.41) is 10.5. The fraction of sp³-hybridized carbons (Fsp3) is 0.538. The van der Waals surface area contributed by atoms with Crippen molar-refractivity contribution >= 4 is 23.2 Å². The average Bonchev–Trinajstić information content (AvgIpc) is 2.81. The van der Waals surface area contributed by atoms with Gasteiger partial charge in [-0.25, -0.2) is 0 Å². The van der Waals surface area contributed by atoms with E-state index in [4.69, 9.17) is 9.84 Å². The third-order valence-corrected chi connectivity index (χ3v) is 3.60. The largest absolute Gasteiger partial charge is 0.495 e. The topological polar surface area (TPSA) is 66.8 Å². The molecule has 0 aliphatic rings. The van der Waals surface area contributed by atoms with Crippen molar-refractivity contribution in [2.24, 2.45) is 0 Å². The molecular weight excluding hydrogens is 266 g/mol. The van der Waals surface area contributed by atoms with Gasteiger partial charge in [0.15, 0.2) is 0 Å². The summed E-state index contributed by atoms with van der Waals surface area (Å²) in [4.78, 5) is 25.2. The Morgan fingerprint density at radius 3 is 2.68 bits per heavy atom. The van der Waals surface area contributed by atoms with Crippen molar-refractivity contribution < 1.29 is 19.4 Å². The van der Waals surface area contributed by atoms with Gasteiger partial charge in [0.1, 0.15) is 10.6 Å². The number of carbonyl (C=O) groups is 2. The molecule has 0 bridgehead atoms. The van der Waals surface area contributed by atoms with Crippen molar-refractivity contribution in [3.8, 4) is 5.75 Å². The summed E-state index contributed by atoms with van der Waals surface area (Å²) >= 11 is 1.34. The Kier molecular flexibility index (Phi) is 5.82. The maximum atomic E-state index is 12.4. The summed E-state index contributed by atoms with van der Waals surface area (Å²) < 4.78 is 5.15. The molecule has 0 spiro atoms. The molecule has 106 valence electrons. The van der Waals surface area contributed by atoms with Crippen molar-refractivity contribution in [3.63, 3.8) is 0 Å². The van der Waals surface area contributed by atoms with Crippen LogP contribution in [0.2, 0.25) is 0 Å². The van der Waals surface area contributed by atoms with E-state index in [1.807, 2.05) is 19.2 Å². The van der Waals surface area contributed by atoms with E-state index >= 15 is 0 Å². The van der Waals surface area contributed by atoms with E-state index in [0.29, 0.717) is 23.6 Å². The SMILES string of the molecule is COc1ccsc1C(=O)N(CCCC(=O)O)C(C)C. The zero-order chi connectivity index (χ0) is 14.4. The molecule has 0 aliphatic carbocycles.